The number of nitrogens with zero attached hydrogens (tertiary/aromatic N) is 6. The van der Waals surface area contributed by atoms with Gasteiger partial charge in [-0.05, 0) is 37.1 Å². The second-order valence-electron chi connectivity index (χ2n) is 8.10. The Morgan fingerprint density at radius 3 is 2.63 bits per heavy atom. The molecule has 4 aromatic rings. The third kappa shape index (κ3) is 4.18. The third-order valence-corrected chi connectivity index (χ3v) is 7.01. The number of nitriles is 1. The molecule has 1 aliphatic rings. The van der Waals surface area contributed by atoms with Crippen LogP contribution in [0.15, 0.2) is 59.4 Å². The number of nitro benzene ring substituents is 1. The van der Waals surface area contributed by atoms with Crippen molar-refractivity contribution in [3.63, 3.8) is 0 Å². The van der Waals surface area contributed by atoms with E-state index in [0.29, 0.717) is 28.3 Å². The molecule has 0 N–H and O–H groups in total. The van der Waals surface area contributed by atoms with E-state index < -0.39 is 4.92 Å². The van der Waals surface area contributed by atoms with Crippen LogP contribution in [0.3, 0.4) is 0 Å². The van der Waals surface area contributed by atoms with E-state index in [4.69, 9.17) is 0 Å². The summed E-state index contributed by atoms with van der Waals surface area (Å²) in [5.41, 5.74) is 0.698. The summed E-state index contributed by atoms with van der Waals surface area (Å²) in [6.45, 7) is 0.707. The molecule has 1 aliphatic heterocycles. The summed E-state index contributed by atoms with van der Waals surface area (Å²) in [5, 5.41) is 30.4. The first-order valence-corrected chi connectivity index (χ1v) is 12.0. The standard InChI is InChI=1S/C25H20N6O3S/c26-16-19(23-28-27-22-13-5-2-8-14-29(22)23)25-30(18-10-3-1-4-11-18)24(32)21(35-25)15-17-9-6-7-12-20(17)31(33)34/h1,3-4,6-7,9-12,15H,2,5,8,13-14H2/b21-15-,25-19+. The average molecular weight is 485 g/mol. The van der Waals surface area contributed by atoms with Crippen LogP contribution in [0, 0.1) is 21.4 Å². The topological polar surface area (TPSA) is 120 Å². The molecule has 0 spiro atoms. The molecule has 0 bridgehead atoms. The Labute approximate surface area is 203 Å². The SMILES string of the molecule is N#C/C(c1nnc2n1CCCCC2)=c1\s/c(=C\c2ccccc2[N+](=O)[O-])c(=O)n1-c1ccccc1. The van der Waals surface area contributed by atoms with Crippen molar-refractivity contribution >= 4 is 28.7 Å². The van der Waals surface area contributed by atoms with Crippen molar-refractivity contribution in [2.45, 2.75) is 32.2 Å². The van der Waals surface area contributed by atoms with Gasteiger partial charge in [-0.2, -0.15) is 5.26 Å². The van der Waals surface area contributed by atoms with Gasteiger partial charge in [-0.3, -0.25) is 19.5 Å². The number of thiazole rings is 1. The highest BCUT2D eigenvalue weighted by molar-refractivity contribution is 7.07. The second kappa shape index (κ2) is 9.48. The predicted molar refractivity (Wildman–Crippen MR) is 132 cm³/mol. The lowest BCUT2D eigenvalue weighted by Crippen LogP contribution is -2.31. The molecule has 0 amide bonds. The van der Waals surface area contributed by atoms with Crippen molar-refractivity contribution in [2.75, 3.05) is 0 Å². The summed E-state index contributed by atoms with van der Waals surface area (Å²) in [6, 6.07) is 17.5. The Balaban J connectivity index is 1.85. The number of rotatable bonds is 4. The Morgan fingerprint density at radius 1 is 1.09 bits per heavy atom. The number of hydrogen-bond donors (Lipinski definition) is 0. The van der Waals surface area contributed by atoms with Crippen LogP contribution < -0.4 is 14.8 Å². The molecule has 2 aromatic heterocycles. The first-order chi connectivity index (χ1) is 17.1. The lowest BCUT2D eigenvalue weighted by molar-refractivity contribution is -0.385. The quantitative estimate of drug-likeness (QED) is 0.324. The summed E-state index contributed by atoms with van der Waals surface area (Å²) in [4.78, 5) is 24.6. The number of para-hydroxylation sites is 2. The first-order valence-electron chi connectivity index (χ1n) is 11.2. The minimum atomic E-state index is -0.478. The molecular formula is C25H20N6O3S. The van der Waals surface area contributed by atoms with Crippen molar-refractivity contribution in [3.05, 3.63) is 101 Å². The molecular weight excluding hydrogens is 464 g/mol. The highest BCUT2D eigenvalue weighted by Crippen LogP contribution is 2.20. The monoisotopic (exact) mass is 484 g/mol. The highest BCUT2D eigenvalue weighted by Gasteiger charge is 2.21. The van der Waals surface area contributed by atoms with Gasteiger partial charge in [0.2, 0.25) is 0 Å². The summed E-state index contributed by atoms with van der Waals surface area (Å²) in [5.74, 6) is 1.27. The molecule has 174 valence electrons. The third-order valence-electron chi connectivity index (χ3n) is 5.92. The number of hydrogen-bond acceptors (Lipinski definition) is 7. The Morgan fingerprint density at radius 2 is 1.86 bits per heavy atom. The van der Waals surface area contributed by atoms with Crippen LogP contribution in [-0.4, -0.2) is 24.3 Å². The van der Waals surface area contributed by atoms with Crippen molar-refractivity contribution in [1.82, 2.24) is 19.3 Å². The van der Waals surface area contributed by atoms with Crippen LogP contribution >= 0.6 is 11.3 Å². The van der Waals surface area contributed by atoms with E-state index in [0.717, 1.165) is 42.8 Å². The van der Waals surface area contributed by atoms with Crippen LogP contribution in [0.25, 0.3) is 17.3 Å². The van der Waals surface area contributed by atoms with Crippen molar-refractivity contribution < 1.29 is 4.92 Å². The Kier molecular flexibility index (Phi) is 6.08. The fraction of sp³-hybridized carbons (Fsp3) is 0.200. The maximum atomic E-state index is 13.6. The molecule has 0 saturated carbocycles. The van der Waals surface area contributed by atoms with Gasteiger partial charge in [-0.1, -0.05) is 36.8 Å². The summed E-state index contributed by atoms with van der Waals surface area (Å²) in [6.07, 6.45) is 5.35. The van der Waals surface area contributed by atoms with Crippen LogP contribution in [0.2, 0.25) is 0 Å². The zero-order chi connectivity index (χ0) is 24.4. The van der Waals surface area contributed by atoms with E-state index in [1.807, 2.05) is 22.8 Å². The smallest absolute Gasteiger partial charge is 0.276 e. The van der Waals surface area contributed by atoms with Gasteiger partial charge in [0.25, 0.3) is 11.2 Å². The molecule has 0 atom stereocenters. The van der Waals surface area contributed by atoms with Gasteiger partial charge < -0.3 is 4.57 Å². The molecule has 0 fully saturated rings. The summed E-state index contributed by atoms with van der Waals surface area (Å²) < 4.78 is 4.13. The molecule has 0 saturated heterocycles. The van der Waals surface area contributed by atoms with Gasteiger partial charge in [-0.25, -0.2) is 0 Å². The van der Waals surface area contributed by atoms with E-state index in [-0.39, 0.29) is 21.4 Å². The Bertz CT molecular complexity index is 1640. The zero-order valence-corrected chi connectivity index (χ0v) is 19.4. The van der Waals surface area contributed by atoms with Crippen molar-refractivity contribution in [2.24, 2.45) is 0 Å². The molecule has 5 rings (SSSR count). The second-order valence-corrected chi connectivity index (χ2v) is 9.13. The van der Waals surface area contributed by atoms with E-state index in [1.165, 1.54) is 16.7 Å². The largest absolute Gasteiger partial charge is 0.310 e. The van der Waals surface area contributed by atoms with E-state index in [1.54, 1.807) is 30.3 Å². The number of benzene rings is 2. The van der Waals surface area contributed by atoms with Gasteiger partial charge in [-0.15, -0.1) is 21.5 Å². The average Bonchev–Trinajstić information content (AvgIpc) is 3.31. The summed E-state index contributed by atoms with van der Waals surface area (Å²) >= 11 is 1.11. The maximum absolute atomic E-state index is 13.6. The minimum Gasteiger partial charge on any atom is -0.310 e. The normalized spacial score (nSPS) is 14.7. The first kappa shape index (κ1) is 22.4. The Hall–Kier alpha value is -4.36. The molecule has 0 unspecified atom stereocenters. The molecule has 9 nitrogen and oxygen atoms in total. The van der Waals surface area contributed by atoms with Gasteiger partial charge in [0.05, 0.1) is 20.7 Å². The maximum Gasteiger partial charge on any atom is 0.276 e. The van der Waals surface area contributed by atoms with Crippen molar-refractivity contribution in [1.29, 1.82) is 5.26 Å². The van der Waals surface area contributed by atoms with E-state index in [9.17, 15) is 20.2 Å². The molecule has 10 heteroatoms. The number of aryl methyl sites for hydroxylation is 1. The number of fused-ring (bicyclic) bond motifs is 1. The van der Waals surface area contributed by atoms with E-state index >= 15 is 0 Å². The van der Waals surface area contributed by atoms with Gasteiger partial charge in [0, 0.05) is 19.0 Å². The van der Waals surface area contributed by atoms with Gasteiger partial charge in [0.15, 0.2) is 5.82 Å². The highest BCUT2D eigenvalue weighted by atomic mass is 32.1. The van der Waals surface area contributed by atoms with Crippen LogP contribution in [-0.2, 0) is 13.0 Å². The molecule has 0 aliphatic carbocycles. The molecule has 3 heterocycles. The molecule has 35 heavy (non-hydrogen) atoms. The number of aromatic nitrogens is 4. The van der Waals surface area contributed by atoms with Crippen LogP contribution in [0.5, 0.6) is 0 Å². The van der Waals surface area contributed by atoms with Gasteiger partial charge in [0.1, 0.15) is 22.1 Å². The van der Waals surface area contributed by atoms with Crippen molar-refractivity contribution in [3.8, 4) is 11.8 Å². The van der Waals surface area contributed by atoms with Crippen LogP contribution in [0.4, 0.5) is 5.69 Å². The summed E-state index contributed by atoms with van der Waals surface area (Å²) in [7, 11) is 0. The predicted octanol–water partition coefficient (Wildman–Crippen LogP) is 2.68. The molecule has 0 radical (unpaired) electrons. The van der Waals surface area contributed by atoms with Crippen LogP contribution in [0.1, 0.15) is 36.5 Å². The van der Waals surface area contributed by atoms with E-state index in [2.05, 4.69) is 16.3 Å². The fourth-order valence-electron chi connectivity index (χ4n) is 4.24. The molecule has 2 aromatic carbocycles. The lowest BCUT2D eigenvalue weighted by atomic mass is 10.2. The number of nitro groups is 1. The fourth-order valence-corrected chi connectivity index (χ4v) is 5.33. The zero-order valence-electron chi connectivity index (χ0n) is 18.6. The lowest BCUT2D eigenvalue weighted by Gasteiger charge is -2.07. The van der Waals surface area contributed by atoms with Gasteiger partial charge >= 0.3 is 0 Å². The minimum absolute atomic E-state index is 0.0969.